The van der Waals surface area contributed by atoms with Crippen LogP contribution in [0.5, 0.6) is 0 Å². The quantitative estimate of drug-likeness (QED) is 0.516. The Hall–Kier alpha value is -1.19. The lowest BCUT2D eigenvalue weighted by atomic mass is 9.54. The minimum atomic E-state index is -0.962. The van der Waals surface area contributed by atoms with Gasteiger partial charge in [0.05, 0.1) is 6.10 Å². The van der Waals surface area contributed by atoms with Crippen LogP contribution in [0.4, 0.5) is 5.13 Å². The minimum absolute atomic E-state index is 0. The number of aromatic nitrogens is 2. The molecule has 0 bridgehead atoms. The first-order valence-electron chi connectivity index (χ1n) is 8.59. The molecule has 3 rings (SSSR count). The highest BCUT2D eigenvalue weighted by atomic mass is 35.5. The summed E-state index contributed by atoms with van der Waals surface area (Å²) in [6.07, 6.45) is 0.503. The summed E-state index contributed by atoms with van der Waals surface area (Å²) in [5, 5.41) is 11.5. The normalized spacial score (nSPS) is 23.2. The van der Waals surface area contributed by atoms with Gasteiger partial charge in [0.15, 0.2) is 4.34 Å². The van der Waals surface area contributed by atoms with Crippen molar-refractivity contribution in [2.75, 3.05) is 11.9 Å². The van der Waals surface area contributed by atoms with Crippen molar-refractivity contribution in [2.24, 2.45) is 11.1 Å². The molecule has 1 aromatic heterocycles. The highest BCUT2D eigenvalue weighted by Crippen LogP contribution is 2.50. The fourth-order valence-electron chi connectivity index (χ4n) is 3.07. The Morgan fingerprint density at radius 2 is 2.07 bits per heavy atom. The number of thioether (sulfide) groups is 1. The Bertz CT molecular complexity index is 772. The van der Waals surface area contributed by atoms with Crippen LogP contribution in [0, 0.1) is 5.41 Å². The van der Waals surface area contributed by atoms with Gasteiger partial charge in [0.1, 0.15) is 5.54 Å². The predicted octanol–water partition coefficient (Wildman–Crippen LogP) is 3.72. The number of carbonyl (C=O) groups is 1. The van der Waals surface area contributed by atoms with Gasteiger partial charge in [-0.3, -0.25) is 10.1 Å². The molecule has 1 aliphatic rings. The average molecular weight is 429 g/mol. The zero-order valence-corrected chi connectivity index (χ0v) is 18.0. The summed E-state index contributed by atoms with van der Waals surface area (Å²) in [6.45, 7) is 6.50. The van der Waals surface area contributed by atoms with E-state index in [1.807, 2.05) is 39.0 Å². The van der Waals surface area contributed by atoms with Crippen LogP contribution in [0.25, 0.3) is 0 Å². The van der Waals surface area contributed by atoms with Crippen LogP contribution in [0.15, 0.2) is 34.7 Å². The molecule has 0 aliphatic heterocycles. The van der Waals surface area contributed by atoms with Crippen molar-refractivity contribution in [3.8, 4) is 0 Å². The lowest BCUT2D eigenvalue weighted by Gasteiger charge is -2.57. The molecule has 2 atom stereocenters. The standard InChI is InChI=1S/C18H24N4O2S2.ClH/c1-4-24-13-10-18(19,17(13,2)3)14(23)20-15-21-22-16(26-15)25-11-12-8-6-5-7-9-12;/h5-9,13H,4,10-11,19H2,1-3H3,(H,20,21,23);1H. The maximum atomic E-state index is 12.7. The van der Waals surface area contributed by atoms with E-state index < -0.39 is 11.0 Å². The Balaban J connectivity index is 0.00000261. The summed E-state index contributed by atoms with van der Waals surface area (Å²) in [5.74, 6) is 0.585. The molecule has 1 aliphatic carbocycles. The van der Waals surface area contributed by atoms with Gasteiger partial charge in [-0.05, 0) is 12.5 Å². The summed E-state index contributed by atoms with van der Waals surface area (Å²) in [4.78, 5) is 12.7. The van der Waals surface area contributed by atoms with E-state index in [1.165, 1.54) is 16.9 Å². The number of ether oxygens (including phenoxy) is 1. The van der Waals surface area contributed by atoms with E-state index in [1.54, 1.807) is 11.8 Å². The second kappa shape index (κ2) is 8.87. The topological polar surface area (TPSA) is 90.1 Å². The van der Waals surface area contributed by atoms with Gasteiger partial charge in [0.2, 0.25) is 11.0 Å². The Morgan fingerprint density at radius 1 is 1.37 bits per heavy atom. The van der Waals surface area contributed by atoms with E-state index >= 15 is 0 Å². The molecule has 1 aromatic carbocycles. The SMILES string of the molecule is CCOC1CC(N)(C(=O)Nc2nnc(SCc3ccccc3)s2)C1(C)C.Cl. The van der Waals surface area contributed by atoms with Gasteiger partial charge in [-0.2, -0.15) is 0 Å². The molecule has 1 amide bonds. The number of hydrogen-bond donors (Lipinski definition) is 2. The molecule has 0 spiro atoms. The fraction of sp³-hybridized carbons (Fsp3) is 0.500. The molecular formula is C18H25ClN4O2S2. The number of anilines is 1. The van der Waals surface area contributed by atoms with Crippen LogP contribution in [-0.4, -0.2) is 34.4 Å². The fourth-order valence-corrected chi connectivity index (χ4v) is 4.77. The molecule has 27 heavy (non-hydrogen) atoms. The Kier molecular flexibility index (Phi) is 7.27. The third-order valence-corrected chi connectivity index (χ3v) is 7.11. The van der Waals surface area contributed by atoms with Gasteiger partial charge in [-0.25, -0.2) is 0 Å². The van der Waals surface area contributed by atoms with Crippen LogP contribution >= 0.6 is 35.5 Å². The minimum Gasteiger partial charge on any atom is -0.378 e. The van der Waals surface area contributed by atoms with E-state index in [-0.39, 0.29) is 24.4 Å². The van der Waals surface area contributed by atoms with Gasteiger partial charge < -0.3 is 10.5 Å². The highest BCUT2D eigenvalue weighted by Gasteiger charge is 2.63. The highest BCUT2D eigenvalue weighted by molar-refractivity contribution is 8.00. The Labute approximate surface area is 174 Å². The first kappa shape index (κ1) is 22.1. The molecule has 0 radical (unpaired) electrons. The maximum absolute atomic E-state index is 12.7. The third kappa shape index (κ3) is 4.46. The van der Waals surface area contributed by atoms with Crippen LogP contribution in [0.1, 0.15) is 32.8 Å². The van der Waals surface area contributed by atoms with E-state index in [4.69, 9.17) is 10.5 Å². The van der Waals surface area contributed by atoms with Gasteiger partial charge in [-0.1, -0.05) is 67.3 Å². The number of nitrogens with zero attached hydrogens (tertiary/aromatic N) is 2. The van der Waals surface area contributed by atoms with Gasteiger partial charge in [-0.15, -0.1) is 22.6 Å². The Morgan fingerprint density at radius 3 is 2.70 bits per heavy atom. The number of hydrogen-bond acceptors (Lipinski definition) is 7. The van der Waals surface area contributed by atoms with Crippen molar-refractivity contribution in [2.45, 2.75) is 48.9 Å². The zero-order valence-electron chi connectivity index (χ0n) is 15.6. The maximum Gasteiger partial charge on any atom is 0.247 e. The van der Waals surface area contributed by atoms with Crippen molar-refractivity contribution >= 4 is 46.5 Å². The molecule has 2 aromatic rings. The monoisotopic (exact) mass is 428 g/mol. The van der Waals surface area contributed by atoms with Crippen molar-refractivity contribution < 1.29 is 9.53 Å². The van der Waals surface area contributed by atoms with E-state index in [2.05, 4.69) is 27.6 Å². The average Bonchev–Trinajstić information content (AvgIpc) is 3.08. The number of nitrogens with one attached hydrogen (secondary N) is 1. The van der Waals surface area contributed by atoms with Crippen molar-refractivity contribution in [1.29, 1.82) is 0 Å². The number of halogens is 1. The van der Waals surface area contributed by atoms with Crippen LogP contribution in [0.2, 0.25) is 0 Å². The number of rotatable bonds is 7. The summed E-state index contributed by atoms with van der Waals surface area (Å²) in [5.41, 5.74) is 6.22. The second-order valence-corrected chi connectivity index (χ2v) is 9.14. The van der Waals surface area contributed by atoms with Crippen molar-refractivity contribution in [3.63, 3.8) is 0 Å². The van der Waals surface area contributed by atoms with Gasteiger partial charge in [0.25, 0.3) is 0 Å². The molecule has 9 heteroatoms. The van der Waals surface area contributed by atoms with Crippen molar-refractivity contribution in [3.05, 3.63) is 35.9 Å². The molecule has 3 N–H and O–H groups in total. The summed E-state index contributed by atoms with van der Waals surface area (Å²) < 4.78 is 6.49. The molecule has 2 unspecified atom stereocenters. The first-order valence-corrected chi connectivity index (χ1v) is 10.4. The summed E-state index contributed by atoms with van der Waals surface area (Å²) in [6, 6.07) is 10.2. The number of amides is 1. The number of carbonyl (C=O) groups excluding carboxylic acids is 1. The second-order valence-electron chi connectivity index (χ2n) is 6.94. The smallest absolute Gasteiger partial charge is 0.247 e. The molecule has 0 saturated heterocycles. The van der Waals surface area contributed by atoms with Crippen LogP contribution < -0.4 is 11.1 Å². The van der Waals surface area contributed by atoms with Crippen LogP contribution in [0.3, 0.4) is 0 Å². The third-order valence-electron chi connectivity index (χ3n) is 5.07. The molecule has 1 fully saturated rings. The van der Waals surface area contributed by atoms with E-state index in [9.17, 15) is 4.79 Å². The molecule has 148 valence electrons. The molecule has 6 nitrogen and oxygen atoms in total. The van der Waals surface area contributed by atoms with E-state index in [0.717, 1.165) is 10.1 Å². The first-order chi connectivity index (χ1) is 12.4. The zero-order chi connectivity index (χ0) is 18.8. The van der Waals surface area contributed by atoms with Gasteiger partial charge >= 0.3 is 0 Å². The number of nitrogens with two attached hydrogens (primary N) is 1. The van der Waals surface area contributed by atoms with Crippen LogP contribution in [-0.2, 0) is 15.3 Å². The van der Waals surface area contributed by atoms with Crippen molar-refractivity contribution in [1.82, 2.24) is 10.2 Å². The summed E-state index contributed by atoms with van der Waals surface area (Å²) in [7, 11) is 0. The lowest BCUT2D eigenvalue weighted by Crippen LogP contribution is -2.74. The summed E-state index contributed by atoms with van der Waals surface area (Å²) >= 11 is 2.96. The molecule has 1 saturated carbocycles. The number of benzene rings is 1. The lowest BCUT2D eigenvalue weighted by molar-refractivity contribution is -0.166. The predicted molar refractivity (Wildman–Crippen MR) is 113 cm³/mol. The molecular weight excluding hydrogens is 404 g/mol. The largest absolute Gasteiger partial charge is 0.378 e. The molecule has 1 heterocycles. The van der Waals surface area contributed by atoms with Gasteiger partial charge in [0, 0.05) is 24.2 Å². The van der Waals surface area contributed by atoms with E-state index in [0.29, 0.717) is 18.2 Å².